The van der Waals surface area contributed by atoms with Gasteiger partial charge >= 0.3 is 0 Å². The Balaban J connectivity index is 3.27. The highest BCUT2D eigenvalue weighted by Crippen LogP contribution is 2.34. The van der Waals surface area contributed by atoms with E-state index < -0.39 is 6.10 Å². The largest absolute Gasteiger partial charge is 0.504 e. The van der Waals surface area contributed by atoms with Gasteiger partial charge in [0.2, 0.25) is 0 Å². The molecule has 0 aromatic heterocycles. The van der Waals surface area contributed by atoms with Crippen molar-refractivity contribution in [2.75, 3.05) is 7.11 Å². The lowest BCUT2D eigenvalue weighted by Gasteiger charge is -2.12. The summed E-state index contributed by atoms with van der Waals surface area (Å²) in [4.78, 5) is 0. The number of hydrogen-bond donors (Lipinski definition) is 2. The molecule has 72 valence electrons. The number of phenolic OH excluding ortho intramolecular Hbond substituents is 1. The second kappa shape index (κ2) is 3.66. The number of rotatable bonds is 2. The molecule has 1 aromatic carbocycles. The average Bonchev–Trinajstić information content (AvgIpc) is 2.08. The van der Waals surface area contributed by atoms with Gasteiger partial charge in [0.1, 0.15) is 0 Å². The topological polar surface area (TPSA) is 49.7 Å². The predicted molar refractivity (Wildman–Crippen MR) is 50.0 cm³/mol. The number of hydrogen-bond acceptors (Lipinski definition) is 3. The smallest absolute Gasteiger partial charge is 0.163 e. The lowest BCUT2D eigenvalue weighted by molar-refractivity contribution is 0.193. The van der Waals surface area contributed by atoms with Gasteiger partial charge in [-0.25, -0.2) is 0 Å². The van der Waals surface area contributed by atoms with Crippen molar-refractivity contribution >= 4 is 0 Å². The van der Waals surface area contributed by atoms with Crippen molar-refractivity contribution in [1.29, 1.82) is 0 Å². The van der Waals surface area contributed by atoms with Crippen LogP contribution in [0, 0.1) is 6.92 Å². The van der Waals surface area contributed by atoms with Gasteiger partial charge in [-0.05, 0) is 31.5 Å². The SMILES string of the molecule is COc1cc(C)cc(C(C)O)c1O. The second-order valence-corrected chi connectivity index (χ2v) is 3.08. The first-order valence-corrected chi connectivity index (χ1v) is 4.11. The molecular weight excluding hydrogens is 168 g/mol. The van der Waals surface area contributed by atoms with Gasteiger partial charge < -0.3 is 14.9 Å². The van der Waals surface area contributed by atoms with Gasteiger partial charge in [0.15, 0.2) is 11.5 Å². The van der Waals surface area contributed by atoms with Gasteiger partial charge in [-0.3, -0.25) is 0 Å². The number of aliphatic hydroxyl groups excluding tert-OH is 1. The fraction of sp³-hybridized carbons (Fsp3) is 0.400. The highest BCUT2D eigenvalue weighted by molar-refractivity contribution is 5.48. The van der Waals surface area contributed by atoms with E-state index in [0.29, 0.717) is 11.3 Å². The van der Waals surface area contributed by atoms with Crippen molar-refractivity contribution in [2.45, 2.75) is 20.0 Å². The maximum atomic E-state index is 9.60. The number of ether oxygens (including phenoxy) is 1. The first-order valence-electron chi connectivity index (χ1n) is 4.11. The van der Waals surface area contributed by atoms with Gasteiger partial charge in [-0.2, -0.15) is 0 Å². The molecule has 2 N–H and O–H groups in total. The van der Waals surface area contributed by atoms with Crippen molar-refractivity contribution in [3.63, 3.8) is 0 Å². The summed E-state index contributed by atoms with van der Waals surface area (Å²) >= 11 is 0. The molecular formula is C10H14O3. The minimum Gasteiger partial charge on any atom is -0.504 e. The van der Waals surface area contributed by atoms with Crippen molar-refractivity contribution in [2.24, 2.45) is 0 Å². The summed E-state index contributed by atoms with van der Waals surface area (Å²) in [6, 6.07) is 3.46. The average molecular weight is 182 g/mol. The number of aromatic hydroxyl groups is 1. The number of methoxy groups -OCH3 is 1. The van der Waals surface area contributed by atoms with Crippen molar-refractivity contribution < 1.29 is 14.9 Å². The molecule has 1 atom stereocenters. The number of aryl methyl sites for hydroxylation is 1. The molecule has 0 spiro atoms. The Kier molecular flexibility index (Phi) is 2.78. The van der Waals surface area contributed by atoms with Crippen molar-refractivity contribution in [1.82, 2.24) is 0 Å². The Morgan fingerprint density at radius 2 is 2.00 bits per heavy atom. The van der Waals surface area contributed by atoms with Crippen molar-refractivity contribution in [3.8, 4) is 11.5 Å². The van der Waals surface area contributed by atoms with Crippen LogP contribution in [0.1, 0.15) is 24.2 Å². The third kappa shape index (κ3) is 1.92. The molecule has 0 aliphatic carbocycles. The molecule has 3 heteroatoms. The van der Waals surface area contributed by atoms with Crippen LogP contribution in [0.5, 0.6) is 11.5 Å². The van der Waals surface area contributed by atoms with Crippen LogP contribution < -0.4 is 4.74 Å². The highest BCUT2D eigenvalue weighted by atomic mass is 16.5. The predicted octanol–water partition coefficient (Wildman–Crippen LogP) is 1.76. The van der Waals surface area contributed by atoms with Crippen LogP contribution in [-0.4, -0.2) is 17.3 Å². The molecule has 0 radical (unpaired) electrons. The number of phenols is 1. The van der Waals surface area contributed by atoms with Crippen LogP contribution in [0.4, 0.5) is 0 Å². The fourth-order valence-electron chi connectivity index (χ4n) is 1.25. The zero-order chi connectivity index (χ0) is 10.0. The van der Waals surface area contributed by atoms with Crippen LogP contribution in [0.2, 0.25) is 0 Å². The van der Waals surface area contributed by atoms with E-state index in [4.69, 9.17) is 4.74 Å². The highest BCUT2D eigenvalue weighted by Gasteiger charge is 2.12. The Morgan fingerprint density at radius 1 is 1.38 bits per heavy atom. The van der Waals surface area contributed by atoms with Gasteiger partial charge in [0, 0.05) is 5.56 Å². The molecule has 13 heavy (non-hydrogen) atoms. The minimum absolute atomic E-state index is 0.0168. The molecule has 0 saturated carbocycles. The van der Waals surface area contributed by atoms with E-state index in [9.17, 15) is 10.2 Å². The summed E-state index contributed by atoms with van der Waals surface area (Å²) in [5, 5.41) is 18.9. The Bertz CT molecular complexity index is 305. The molecule has 1 unspecified atom stereocenters. The first-order chi connectivity index (χ1) is 6.06. The van der Waals surface area contributed by atoms with Crippen molar-refractivity contribution in [3.05, 3.63) is 23.3 Å². The molecule has 0 bridgehead atoms. The van der Waals surface area contributed by atoms with E-state index >= 15 is 0 Å². The molecule has 3 nitrogen and oxygen atoms in total. The summed E-state index contributed by atoms with van der Waals surface area (Å²) < 4.78 is 4.96. The Labute approximate surface area is 77.6 Å². The lowest BCUT2D eigenvalue weighted by Crippen LogP contribution is -1.95. The summed E-state index contributed by atoms with van der Waals surface area (Å²) in [5.74, 6) is 0.416. The second-order valence-electron chi connectivity index (χ2n) is 3.08. The maximum Gasteiger partial charge on any atom is 0.163 e. The normalized spacial score (nSPS) is 12.6. The lowest BCUT2D eigenvalue weighted by atomic mass is 10.1. The molecule has 0 saturated heterocycles. The molecule has 0 fully saturated rings. The van der Waals surface area contributed by atoms with Crippen LogP contribution in [0.25, 0.3) is 0 Å². The maximum absolute atomic E-state index is 9.60. The zero-order valence-electron chi connectivity index (χ0n) is 8.03. The quantitative estimate of drug-likeness (QED) is 0.732. The summed E-state index contributed by atoms with van der Waals surface area (Å²) in [6.45, 7) is 3.49. The molecule has 0 aliphatic heterocycles. The van der Waals surface area contributed by atoms with Gasteiger partial charge in [0.05, 0.1) is 13.2 Å². The zero-order valence-corrected chi connectivity index (χ0v) is 8.03. The fourth-order valence-corrected chi connectivity index (χ4v) is 1.25. The minimum atomic E-state index is -0.686. The monoisotopic (exact) mass is 182 g/mol. The third-order valence-corrected chi connectivity index (χ3v) is 1.92. The Morgan fingerprint density at radius 3 is 2.46 bits per heavy atom. The van der Waals surface area contributed by atoms with E-state index in [0.717, 1.165) is 5.56 Å². The van der Waals surface area contributed by atoms with Gasteiger partial charge in [0.25, 0.3) is 0 Å². The van der Waals surface area contributed by atoms with E-state index in [1.54, 1.807) is 19.1 Å². The Hall–Kier alpha value is -1.22. The van der Waals surface area contributed by atoms with E-state index in [-0.39, 0.29) is 5.75 Å². The first kappa shape index (κ1) is 9.86. The van der Waals surface area contributed by atoms with Crippen LogP contribution in [-0.2, 0) is 0 Å². The molecule has 0 heterocycles. The third-order valence-electron chi connectivity index (χ3n) is 1.92. The van der Waals surface area contributed by atoms with Gasteiger partial charge in [-0.1, -0.05) is 0 Å². The molecule has 1 aromatic rings. The molecule has 0 aliphatic rings. The standard InChI is InChI=1S/C10H14O3/c1-6-4-8(7(2)11)10(12)9(5-6)13-3/h4-5,7,11-12H,1-3H3. The number of aliphatic hydroxyl groups is 1. The van der Waals surface area contributed by atoms with Crippen LogP contribution >= 0.6 is 0 Å². The summed E-state index contributed by atoms with van der Waals surface area (Å²) in [6.07, 6.45) is -0.686. The summed E-state index contributed by atoms with van der Waals surface area (Å²) in [7, 11) is 1.49. The number of benzene rings is 1. The van der Waals surface area contributed by atoms with E-state index in [2.05, 4.69) is 0 Å². The van der Waals surface area contributed by atoms with Gasteiger partial charge in [-0.15, -0.1) is 0 Å². The van der Waals surface area contributed by atoms with E-state index in [1.165, 1.54) is 7.11 Å². The molecule has 0 amide bonds. The van der Waals surface area contributed by atoms with Crippen LogP contribution in [0.15, 0.2) is 12.1 Å². The van der Waals surface area contributed by atoms with E-state index in [1.807, 2.05) is 6.92 Å². The molecule has 1 rings (SSSR count). The summed E-state index contributed by atoms with van der Waals surface area (Å²) in [5.41, 5.74) is 1.45. The van der Waals surface area contributed by atoms with Crippen LogP contribution in [0.3, 0.4) is 0 Å².